The second kappa shape index (κ2) is 6.41. The number of benzene rings is 1. The van der Waals surface area contributed by atoms with Gasteiger partial charge in [-0.1, -0.05) is 11.6 Å². The lowest BCUT2D eigenvalue weighted by molar-refractivity contribution is 0.100. The number of nitriles is 1. The molecular weight excluding hydrogens is 306 g/mol. The van der Waals surface area contributed by atoms with Crippen molar-refractivity contribution >= 4 is 17.4 Å². The van der Waals surface area contributed by atoms with Gasteiger partial charge in [0.05, 0.1) is 18.7 Å². The number of nitrogens with zero attached hydrogens (tertiary/aromatic N) is 3. The van der Waals surface area contributed by atoms with Gasteiger partial charge in [-0.2, -0.15) is 10.2 Å². The molecule has 0 unspecified atom stereocenters. The number of hydrogen-bond acceptors (Lipinski definition) is 6. The lowest BCUT2D eigenvalue weighted by Gasteiger charge is -2.14. The van der Waals surface area contributed by atoms with Gasteiger partial charge < -0.3 is 9.47 Å². The molecule has 0 atom stereocenters. The third-order valence-electron chi connectivity index (χ3n) is 2.96. The first-order chi connectivity index (χ1) is 10.5. The molecule has 2 aromatic rings. The van der Waals surface area contributed by atoms with Crippen LogP contribution < -0.4 is 9.47 Å². The maximum absolute atomic E-state index is 11.7. The number of hydrogen-bond donors (Lipinski definition) is 0. The summed E-state index contributed by atoms with van der Waals surface area (Å²) in [7, 11) is 1.41. The van der Waals surface area contributed by atoms with Crippen molar-refractivity contribution in [3.05, 3.63) is 40.3 Å². The van der Waals surface area contributed by atoms with E-state index in [-0.39, 0.29) is 23.1 Å². The molecule has 1 heterocycles. The average molecular weight is 318 g/mol. The monoisotopic (exact) mass is 317 g/mol. The van der Waals surface area contributed by atoms with Crippen LogP contribution in [0.15, 0.2) is 18.5 Å². The van der Waals surface area contributed by atoms with Crippen LogP contribution in [0.25, 0.3) is 0 Å². The molecular formula is C15H12ClN3O3. The van der Waals surface area contributed by atoms with Crippen LogP contribution in [0.1, 0.15) is 28.5 Å². The largest absolute Gasteiger partial charge is 0.478 e. The molecule has 0 saturated heterocycles. The fraction of sp³-hybridized carbons (Fsp3) is 0.200. The molecule has 0 aliphatic rings. The Hall–Kier alpha value is -2.65. The van der Waals surface area contributed by atoms with E-state index in [2.05, 4.69) is 9.97 Å². The normalized spacial score (nSPS) is 9.95. The maximum atomic E-state index is 11.7. The Morgan fingerprint density at radius 2 is 2.09 bits per heavy atom. The van der Waals surface area contributed by atoms with Gasteiger partial charge in [0.1, 0.15) is 12.1 Å². The highest BCUT2D eigenvalue weighted by molar-refractivity contribution is 6.30. The minimum Gasteiger partial charge on any atom is -0.478 e. The summed E-state index contributed by atoms with van der Waals surface area (Å²) in [6.07, 6.45) is 1.22. The summed E-state index contributed by atoms with van der Waals surface area (Å²) in [4.78, 5) is 19.5. The van der Waals surface area contributed by atoms with Crippen molar-refractivity contribution in [2.75, 3.05) is 7.11 Å². The molecule has 0 amide bonds. The molecule has 0 bridgehead atoms. The summed E-state index contributed by atoms with van der Waals surface area (Å²) >= 11 is 5.98. The first kappa shape index (κ1) is 15.7. The summed E-state index contributed by atoms with van der Waals surface area (Å²) in [5, 5.41) is 9.45. The van der Waals surface area contributed by atoms with Crippen LogP contribution in [-0.4, -0.2) is 22.9 Å². The Kier molecular flexibility index (Phi) is 4.59. The van der Waals surface area contributed by atoms with E-state index >= 15 is 0 Å². The summed E-state index contributed by atoms with van der Waals surface area (Å²) in [6.45, 7) is 3.08. The first-order valence-corrected chi connectivity index (χ1v) is 6.63. The van der Waals surface area contributed by atoms with Gasteiger partial charge in [0.15, 0.2) is 11.5 Å². The zero-order valence-corrected chi connectivity index (χ0v) is 12.9. The smallest absolute Gasteiger partial charge is 0.261 e. The van der Waals surface area contributed by atoms with Crippen LogP contribution in [0.3, 0.4) is 0 Å². The van der Waals surface area contributed by atoms with Crippen molar-refractivity contribution < 1.29 is 14.3 Å². The fourth-order valence-corrected chi connectivity index (χ4v) is 2.04. The predicted molar refractivity (Wildman–Crippen MR) is 79.6 cm³/mol. The molecule has 0 saturated carbocycles. The highest BCUT2D eigenvalue weighted by Gasteiger charge is 2.20. The Labute approximate surface area is 132 Å². The van der Waals surface area contributed by atoms with Gasteiger partial charge in [-0.3, -0.25) is 4.79 Å². The lowest BCUT2D eigenvalue weighted by Crippen LogP contribution is -2.05. The number of Topliss-reactive ketones (excluding diaryl/α,β-unsaturated/α-hetero) is 1. The molecule has 112 valence electrons. The van der Waals surface area contributed by atoms with E-state index in [0.29, 0.717) is 21.9 Å². The van der Waals surface area contributed by atoms with Gasteiger partial charge >= 0.3 is 0 Å². The van der Waals surface area contributed by atoms with E-state index in [1.807, 2.05) is 6.07 Å². The second-order valence-electron chi connectivity index (χ2n) is 4.41. The summed E-state index contributed by atoms with van der Waals surface area (Å²) in [5.41, 5.74) is 1.06. The van der Waals surface area contributed by atoms with Crippen molar-refractivity contribution in [2.45, 2.75) is 13.8 Å². The quantitative estimate of drug-likeness (QED) is 0.804. The number of ketones is 1. The van der Waals surface area contributed by atoms with E-state index in [1.54, 1.807) is 13.0 Å². The molecule has 0 fully saturated rings. The molecule has 2 rings (SSSR count). The van der Waals surface area contributed by atoms with Crippen molar-refractivity contribution in [3.63, 3.8) is 0 Å². The van der Waals surface area contributed by atoms with Gasteiger partial charge in [0.25, 0.3) is 5.88 Å². The minimum atomic E-state index is -0.295. The lowest BCUT2D eigenvalue weighted by atomic mass is 10.1. The topological polar surface area (TPSA) is 85.1 Å². The van der Waals surface area contributed by atoms with Crippen LogP contribution in [0.5, 0.6) is 17.4 Å². The van der Waals surface area contributed by atoms with Gasteiger partial charge in [-0.05, 0) is 19.1 Å². The van der Waals surface area contributed by atoms with Gasteiger partial charge in [-0.25, -0.2) is 4.98 Å². The summed E-state index contributed by atoms with van der Waals surface area (Å²) in [5.74, 6) is 0.250. The number of methoxy groups -OCH3 is 1. The summed E-state index contributed by atoms with van der Waals surface area (Å²) < 4.78 is 10.8. The molecule has 7 heteroatoms. The van der Waals surface area contributed by atoms with Gasteiger partial charge in [-0.15, -0.1) is 0 Å². The van der Waals surface area contributed by atoms with Crippen molar-refractivity contribution in [3.8, 4) is 23.4 Å². The van der Waals surface area contributed by atoms with E-state index in [9.17, 15) is 4.79 Å². The Bertz CT molecular complexity index is 784. The number of ether oxygens (including phenoxy) is 2. The number of carbonyl (C=O) groups excluding carboxylic acids is 1. The van der Waals surface area contributed by atoms with E-state index in [0.717, 1.165) is 0 Å². The molecule has 22 heavy (non-hydrogen) atoms. The first-order valence-electron chi connectivity index (χ1n) is 6.26. The number of rotatable bonds is 4. The highest BCUT2D eigenvalue weighted by atomic mass is 35.5. The number of aromatic nitrogens is 2. The standard InChI is InChI=1S/C15H12ClN3O3/c1-8-10(6-17)4-11(16)5-12(8)22-14-13(9(2)20)18-7-19-15(14)21-3/h4-5,7H,1-3H3. The molecule has 1 aromatic carbocycles. The third-order valence-corrected chi connectivity index (χ3v) is 3.17. The number of carbonyl (C=O) groups is 1. The summed E-state index contributed by atoms with van der Waals surface area (Å²) in [6, 6.07) is 5.12. The van der Waals surface area contributed by atoms with E-state index in [4.69, 9.17) is 26.3 Å². The fourth-order valence-electron chi connectivity index (χ4n) is 1.83. The average Bonchev–Trinajstić information content (AvgIpc) is 2.50. The van der Waals surface area contributed by atoms with Crippen LogP contribution in [0.2, 0.25) is 5.02 Å². The highest BCUT2D eigenvalue weighted by Crippen LogP contribution is 2.36. The predicted octanol–water partition coefficient (Wildman–Crippen LogP) is 3.31. The molecule has 0 radical (unpaired) electrons. The SMILES string of the molecule is COc1ncnc(C(C)=O)c1Oc1cc(Cl)cc(C#N)c1C. The van der Waals surface area contributed by atoms with Crippen LogP contribution in [-0.2, 0) is 0 Å². The molecule has 6 nitrogen and oxygen atoms in total. The van der Waals surface area contributed by atoms with Crippen LogP contribution >= 0.6 is 11.6 Å². The van der Waals surface area contributed by atoms with E-state index < -0.39 is 0 Å². The Morgan fingerprint density at radius 1 is 1.36 bits per heavy atom. The maximum Gasteiger partial charge on any atom is 0.261 e. The Balaban J connectivity index is 2.59. The van der Waals surface area contributed by atoms with Crippen molar-refractivity contribution in [1.82, 2.24) is 9.97 Å². The van der Waals surface area contributed by atoms with Gasteiger partial charge in [0, 0.05) is 17.5 Å². The molecule has 0 N–H and O–H groups in total. The number of halogens is 1. The van der Waals surface area contributed by atoms with Crippen molar-refractivity contribution in [1.29, 1.82) is 5.26 Å². The zero-order valence-electron chi connectivity index (χ0n) is 12.2. The molecule has 1 aromatic heterocycles. The van der Waals surface area contributed by atoms with Gasteiger partial charge in [0.2, 0.25) is 5.75 Å². The molecule has 0 spiro atoms. The molecule has 0 aliphatic heterocycles. The van der Waals surface area contributed by atoms with Crippen LogP contribution in [0, 0.1) is 18.3 Å². The molecule has 0 aliphatic carbocycles. The van der Waals surface area contributed by atoms with Crippen LogP contribution in [0.4, 0.5) is 0 Å². The second-order valence-corrected chi connectivity index (χ2v) is 4.84. The third kappa shape index (κ3) is 3.00. The van der Waals surface area contributed by atoms with E-state index in [1.165, 1.54) is 26.4 Å². The minimum absolute atomic E-state index is 0.0877. The Morgan fingerprint density at radius 3 is 2.68 bits per heavy atom. The zero-order chi connectivity index (χ0) is 16.3. The van der Waals surface area contributed by atoms with Crippen molar-refractivity contribution in [2.24, 2.45) is 0 Å².